The van der Waals surface area contributed by atoms with Gasteiger partial charge in [0.25, 0.3) is 0 Å². The van der Waals surface area contributed by atoms with Crippen LogP contribution in [0.3, 0.4) is 0 Å². The maximum Gasteiger partial charge on any atom is 0.409 e. The summed E-state index contributed by atoms with van der Waals surface area (Å²) < 4.78 is 10.1. The van der Waals surface area contributed by atoms with Gasteiger partial charge in [-0.25, -0.2) is 9.59 Å². The third kappa shape index (κ3) is 11.4. The van der Waals surface area contributed by atoms with Crippen molar-refractivity contribution in [3.05, 3.63) is 23.8 Å². The number of nitrogens with one attached hydrogen (secondary N) is 4. The number of rotatable bonds is 16. The van der Waals surface area contributed by atoms with Gasteiger partial charge in [0.05, 0.1) is 18.3 Å². The van der Waals surface area contributed by atoms with E-state index in [0.29, 0.717) is 12.0 Å². The molecule has 1 aromatic carbocycles. The number of amides is 7. The third-order valence-electron chi connectivity index (χ3n) is 6.25. The Kier molecular flexibility index (Phi) is 13.6. The molecule has 7 amide bonds. The Labute approximate surface area is 249 Å². The van der Waals surface area contributed by atoms with E-state index in [4.69, 9.17) is 20.9 Å². The van der Waals surface area contributed by atoms with E-state index in [0.717, 1.165) is 4.90 Å². The summed E-state index contributed by atoms with van der Waals surface area (Å²) in [6.07, 6.45) is -0.441. The maximum atomic E-state index is 13.3. The first-order valence-electron chi connectivity index (χ1n) is 13.7. The standard InChI is InChI=1S/C26H38BN7O9/c1-14(2)22(28)24(39)33-17(4-3-9-30-25(29)40)23(38)32-16-6-5-15(11-43-26(41)31-13-42-12-19(27)35)18(10-16)34-20(36)7-8-21(34)37/h5-6,10,14,17,22H,3-4,7-9,11-13,27-28H2,1-2H3,(H,31,41)(H,32,38)(H,33,39)(H3,29,30,40)/t17-,22?/m0/s1. The van der Waals surface area contributed by atoms with Gasteiger partial charge in [-0.1, -0.05) is 19.9 Å². The number of imide groups is 1. The molecule has 234 valence electrons. The normalized spacial score (nSPS) is 14.2. The number of carbonyl (C=O) groups is 7. The molecule has 0 bridgehead atoms. The smallest absolute Gasteiger partial charge is 0.409 e. The molecular formula is C26H38BN7O9. The average Bonchev–Trinajstić information content (AvgIpc) is 3.28. The second-order valence-electron chi connectivity index (χ2n) is 10.2. The summed E-state index contributed by atoms with van der Waals surface area (Å²) in [7, 11) is 1.33. The van der Waals surface area contributed by atoms with E-state index in [1.165, 1.54) is 26.0 Å². The Hall–Kier alpha value is -4.51. The van der Waals surface area contributed by atoms with Crippen LogP contribution in [0.25, 0.3) is 0 Å². The number of carbonyl (C=O) groups excluding carboxylic acids is 7. The van der Waals surface area contributed by atoms with Gasteiger partial charge in [-0.3, -0.25) is 29.4 Å². The summed E-state index contributed by atoms with van der Waals surface area (Å²) in [5, 5.41) is 10.0. The van der Waals surface area contributed by atoms with Crippen LogP contribution in [-0.4, -0.2) is 81.2 Å². The van der Waals surface area contributed by atoms with Crippen molar-refractivity contribution < 1.29 is 43.0 Å². The topological polar surface area (TPSA) is 241 Å². The van der Waals surface area contributed by atoms with Crippen molar-refractivity contribution in [2.45, 2.75) is 58.2 Å². The molecule has 17 heteroatoms. The van der Waals surface area contributed by atoms with Gasteiger partial charge in [-0.15, -0.1) is 0 Å². The molecular weight excluding hydrogens is 565 g/mol. The summed E-state index contributed by atoms with van der Waals surface area (Å²) in [6, 6.07) is 1.71. The van der Waals surface area contributed by atoms with E-state index in [-0.39, 0.29) is 68.7 Å². The quantitative estimate of drug-likeness (QED) is 0.0556. The number of anilines is 2. The van der Waals surface area contributed by atoms with E-state index in [1.54, 1.807) is 13.8 Å². The van der Waals surface area contributed by atoms with Crippen LogP contribution in [0.15, 0.2) is 18.2 Å². The zero-order chi connectivity index (χ0) is 32.1. The van der Waals surface area contributed by atoms with Crippen LogP contribution >= 0.6 is 0 Å². The van der Waals surface area contributed by atoms with Crippen molar-refractivity contribution in [1.82, 2.24) is 16.0 Å². The maximum absolute atomic E-state index is 13.3. The number of ether oxygens (including phenoxy) is 2. The molecule has 1 unspecified atom stereocenters. The number of hydrogen-bond acceptors (Lipinski definition) is 10. The fourth-order valence-corrected chi connectivity index (χ4v) is 3.90. The average molecular weight is 603 g/mol. The number of primary amides is 1. The third-order valence-corrected chi connectivity index (χ3v) is 6.25. The molecule has 2 atom stereocenters. The van der Waals surface area contributed by atoms with Gasteiger partial charge >= 0.3 is 12.1 Å². The zero-order valence-corrected chi connectivity index (χ0v) is 24.4. The van der Waals surface area contributed by atoms with Gasteiger partial charge in [0, 0.05) is 30.6 Å². The van der Waals surface area contributed by atoms with Gasteiger partial charge in [0.1, 0.15) is 25.1 Å². The van der Waals surface area contributed by atoms with Gasteiger partial charge in [-0.05, 0) is 30.9 Å². The minimum Gasteiger partial charge on any atom is -0.445 e. The second-order valence-corrected chi connectivity index (χ2v) is 10.2. The minimum absolute atomic E-state index is 0.00670. The molecule has 8 N–H and O–H groups in total. The minimum atomic E-state index is -1.04. The summed E-state index contributed by atoms with van der Waals surface area (Å²) >= 11 is 0. The van der Waals surface area contributed by atoms with Gasteiger partial charge in [-0.2, -0.15) is 0 Å². The number of benzene rings is 1. The predicted octanol–water partition coefficient (Wildman–Crippen LogP) is -1.44. The summed E-state index contributed by atoms with van der Waals surface area (Å²) in [4.78, 5) is 85.9. The molecule has 1 saturated heterocycles. The monoisotopic (exact) mass is 603 g/mol. The molecule has 1 aliphatic rings. The Morgan fingerprint density at radius 3 is 2.33 bits per heavy atom. The van der Waals surface area contributed by atoms with Crippen LogP contribution < -0.4 is 37.6 Å². The Bertz CT molecular complexity index is 1210. The first-order chi connectivity index (χ1) is 20.3. The van der Waals surface area contributed by atoms with E-state index >= 15 is 0 Å². The van der Waals surface area contributed by atoms with Crippen LogP contribution in [0.5, 0.6) is 0 Å². The molecule has 1 aliphatic heterocycles. The first-order valence-corrected chi connectivity index (χ1v) is 13.7. The number of alkyl carbamates (subject to hydrolysis) is 1. The van der Waals surface area contributed by atoms with E-state index < -0.39 is 47.8 Å². The zero-order valence-electron chi connectivity index (χ0n) is 24.4. The molecule has 1 fully saturated rings. The molecule has 2 rings (SSSR count). The van der Waals surface area contributed by atoms with Crippen LogP contribution in [-0.2, 0) is 40.1 Å². The Morgan fingerprint density at radius 1 is 1.05 bits per heavy atom. The Morgan fingerprint density at radius 2 is 1.72 bits per heavy atom. The lowest BCUT2D eigenvalue weighted by Gasteiger charge is -2.23. The van der Waals surface area contributed by atoms with Crippen molar-refractivity contribution in [2.75, 3.05) is 30.1 Å². The van der Waals surface area contributed by atoms with E-state index in [9.17, 15) is 33.6 Å². The largest absolute Gasteiger partial charge is 0.445 e. The van der Waals surface area contributed by atoms with Gasteiger partial charge in [0.2, 0.25) is 23.6 Å². The second kappa shape index (κ2) is 16.8. The van der Waals surface area contributed by atoms with E-state index in [2.05, 4.69) is 21.3 Å². The molecule has 16 nitrogen and oxygen atoms in total. The molecule has 0 spiro atoms. The molecule has 1 heterocycles. The lowest BCUT2D eigenvalue weighted by atomic mass is 10.0. The van der Waals surface area contributed by atoms with Crippen molar-refractivity contribution >= 4 is 60.7 Å². The molecule has 0 radical (unpaired) electrons. The highest BCUT2D eigenvalue weighted by molar-refractivity contribution is 6.58. The molecule has 0 saturated carbocycles. The Balaban J connectivity index is 2.22. The van der Waals surface area contributed by atoms with Crippen molar-refractivity contribution in [1.29, 1.82) is 0 Å². The fourth-order valence-electron chi connectivity index (χ4n) is 3.90. The lowest BCUT2D eigenvalue weighted by Crippen LogP contribution is -2.51. The van der Waals surface area contributed by atoms with Crippen molar-refractivity contribution in [3.63, 3.8) is 0 Å². The van der Waals surface area contributed by atoms with Crippen molar-refractivity contribution in [2.24, 2.45) is 17.4 Å². The van der Waals surface area contributed by atoms with E-state index in [1.807, 2.05) is 0 Å². The van der Waals surface area contributed by atoms with Crippen LogP contribution in [0.4, 0.5) is 21.0 Å². The molecule has 0 aromatic heterocycles. The molecule has 0 aliphatic carbocycles. The first kappa shape index (κ1) is 34.7. The molecule has 1 aromatic rings. The SMILES string of the molecule is BC(=O)COCNC(=O)OCc1ccc(NC(=O)[C@H](CCCNC(N)=O)NC(=O)C(N)C(C)C)cc1N1C(=O)CCC1=O. The summed E-state index contributed by atoms with van der Waals surface area (Å²) in [5.74, 6) is -2.27. The highest BCUT2D eigenvalue weighted by atomic mass is 16.6. The van der Waals surface area contributed by atoms with Gasteiger partial charge in [0.15, 0.2) is 7.85 Å². The van der Waals surface area contributed by atoms with Crippen molar-refractivity contribution in [3.8, 4) is 0 Å². The summed E-state index contributed by atoms with van der Waals surface area (Å²) in [5.41, 5.74) is 11.4. The number of nitrogens with zero attached hydrogens (tertiary/aromatic N) is 1. The van der Waals surface area contributed by atoms with Crippen LogP contribution in [0, 0.1) is 5.92 Å². The number of urea groups is 1. The van der Waals surface area contributed by atoms with Crippen LogP contribution in [0.1, 0.15) is 45.1 Å². The molecule has 43 heavy (non-hydrogen) atoms. The fraction of sp³-hybridized carbons (Fsp3) is 0.500. The summed E-state index contributed by atoms with van der Waals surface area (Å²) in [6.45, 7) is 2.90. The predicted molar refractivity (Wildman–Crippen MR) is 156 cm³/mol. The lowest BCUT2D eigenvalue weighted by molar-refractivity contribution is -0.128. The highest BCUT2D eigenvalue weighted by Crippen LogP contribution is 2.30. The number of hydrogen-bond donors (Lipinski definition) is 6. The van der Waals surface area contributed by atoms with Crippen LogP contribution in [0.2, 0.25) is 0 Å². The number of nitrogens with two attached hydrogens (primary N) is 2. The highest BCUT2D eigenvalue weighted by Gasteiger charge is 2.32. The van der Waals surface area contributed by atoms with Gasteiger partial charge < -0.3 is 41.7 Å².